The molecule has 0 saturated carbocycles. The van der Waals surface area contributed by atoms with Gasteiger partial charge in [0.2, 0.25) is 0 Å². The summed E-state index contributed by atoms with van der Waals surface area (Å²) in [7, 11) is 0. The topological polar surface area (TPSA) is 24.4 Å². The van der Waals surface area contributed by atoms with E-state index in [1.807, 2.05) is 6.08 Å². The Morgan fingerprint density at radius 3 is 3.18 bits per heavy atom. The first-order valence-corrected chi connectivity index (χ1v) is 3.61. The standard InChI is InChI=1S/C7H5FN2S/c8-4-2-1-3-5-6(4)10-7(11)9-5/h1-3,5H,(H,9,11). The van der Waals surface area contributed by atoms with Crippen LogP contribution in [0.3, 0.4) is 0 Å². The van der Waals surface area contributed by atoms with Crippen molar-refractivity contribution in [2.24, 2.45) is 4.99 Å². The van der Waals surface area contributed by atoms with Gasteiger partial charge in [0.25, 0.3) is 0 Å². The van der Waals surface area contributed by atoms with Crippen LogP contribution in [0.4, 0.5) is 4.39 Å². The van der Waals surface area contributed by atoms with Crippen LogP contribution in [0.25, 0.3) is 0 Å². The van der Waals surface area contributed by atoms with Crippen molar-refractivity contribution in [2.75, 3.05) is 0 Å². The molecule has 1 heterocycles. The molecule has 0 aromatic heterocycles. The number of thiocarbonyl (C=S) groups is 1. The molecule has 4 heteroatoms. The van der Waals surface area contributed by atoms with E-state index in [1.165, 1.54) is 6.08 Å². The van der Waals surface area contributed by atoms with Gasteiger partial charge in [-0.05, 0) is 18.3 Å². The second-order valence-corrected chi connectivity index (χ2v) is 2.71. The number of nitrogens with zero attached hydrogens (tertiary/aromatic N) is 1. The minimum Gasteiger partial charge on any atom is -0.349 e. The number of nitrogens with one attached hydrogen (secondary N) is 1. The Kier molecular flexibility index (Phi) is 1.35. The van der Waals surface area contributed by atoms with Gasteiger partial charge in [-0.3, -0.25) is 0 Å². The van der Waals surface area contributed by atoms with Crippen LogP contribution in [0.1, 0.15) is 0 Å². The maximum Gasteiger partial charge on any atom is 0.193 e. The van der Waals surface area contributed by atoms with Crippen LogP contribution in [-0.4, -0.2) is 16.9 Å². The summed E-state index contributed by atoms with van der Waals surface area (Å²) in [4.78, 5) is 3.83. The van der Waals surface area contributed by atoms with Gasteiger partial charge in [0.15, 0.2) is 5.11 Å². The zero-order chi connectivity index (χ0) is 7.84. The first-order valence-electron chi connectivity index (χ1n) is 3.21. The zero-order valence-electron chi connectivity index (χ0n) is 5.54. The van der Waals surface area contributed by atoms with Crippen molar-refractivity contribution >= 4 is 23.0 Å². The van der Waals surface area contributed by atoms with Crippen molar-refractivity contribution in [2.45, 2.75) is 6.04 Å². The van der Waals surface area contributed by atoms with Crippen LogP contribution in [-0.2, 0) is 0 Å². The number of hydrogen-bond donors (Lipinski definition) is 1. The van der Waals surface area contributed by atoms with E-state index in [4.69, 9.17) is 12.2 Å². The second kappa shape index (κ2) is 2.23. The van der Waals surface area contributed by atoms with Crippen LogP contribution in [0.2, 0.25) is 0 Å². The minimum absolute atomic E-state index is 0.146. The summed E-state index contributed by atoms with van der Waals surface area (Å²) in [6.07, 6.45) is 4.85. The Morgan fingerprint density at radius 1 is 1.64 bits per heavy atom. The molecule has 2 nitrogen and oxygen atoms in total. The monoisotopic (exact) mass is 168 g/mol. The molecule has 0 aromatic rings. The quantitative estimate of drug-likeness (QED) is 0.548. The van der Waals surface area contributed by atoms with E-state index in [2.05, 4.69) is 10.3 Å². The lowest BCUT2D eigenvalue weighted by Crippen LogP contribution is -2.31. The number of allylic oxidation sites excluding steroid dienone is 2. The first kappa shape index (κ1) is 6.67. The number of rotatable bonds is 0. The molecule has 1 N–H and O–H groups in total. The summed E-state index contributed by atoms with van der Waals surface area (Å²) < 4.78 is 12.9. The van der Waals surface area contributed by atoms with Crippen molar-refractivity contribution < 1.29 is 4.39 Å². The highest BCUT2D eigenvalue weighted by atomic mass is 32.1. The van der Waals surface area contributed by atoms with E-state index in [-0.39, 0.29) is 11.9 Å². The second-order valence-electron chi connectivity index (χ2n) is 2.32. The highest BCUT2D eigenvalue weighted by molar-refractivity contribution is 7.80. The molecular formula is C7H5FN2S. The van der Waals surface area contributed by atoms with Gasteiger partial charge in [0, 0.05) is 0 Å². The maximum absolute atomic E-state index is 12.9. The lowest BCUT2D eigenvalue weighted by atomic mass is 10.1. The van der Waals surface area contributed by atoms with Crippen molar-refractivity contribution in [1.29, 1.82) is 0 Å². The molecule has 2 aliphatic rings. The van der Waals surface area contributed by atoms with E-state index in [0.29, 0.717) is 10.8 Å². The SMILES string of the molecule is FC1=CC=CC2NC(=S)N=C12. The molecule has 1 aliphatic carbocycles. The molecule has 0 spiro atoms. The molecular weight excluding hydrogens is 163 g/mol. The number of aliphatic imine (C=N–C) groups is 1. The summed E-state index contributed by atoms with van der Waals surface area (Å²) in [6.45, 7) is 0. The molecule has 2 rings (SSSR count). The van der Waals surface area contributed by atoms with Gasteiger partial charge in [0.1, 0.15) is 11.5 Å². The Morgan fingerprint density at radius 2 is 2.45 bits per heavy atom. The van der Waals surface area contributed by atoms with E-state index < -0.39 is 0 Å². The molecule has 0 amide bonds. The number of hydrogen-bond acceptors (Lipinski definition) is 1. The van der Waals surface area contributed by atoms with Gasteiger partial charge in [-0.15, -0.1) is 0 Å². The normalized spacial score (nSPS) is 27.4. The fourth-order valence-corrected chi connectivity index (χ4v) is 1.32. The lowest BCUT2D eigenvalue weighted by Gasteiger charge is -2.09. The van der Waals surface area contributed by atoms with Gasteiger partial charge < -0.3 is 5.32 Å². The lowest BCUT2D eigenvalue weighted by molar-refractivity contribution is 0.672. The maximum atomic E-state index is 12.9. The smallest absolute Gasteiger partial charge is 0.193 e. The fraction of sp³-hybridized carbons (Fsp3) is 0.143. The number of fused-ring (bicyclic) bond motifs is 1. The van der Waals surface area contributed by atoms with Crippen LogP contribution in [0.15, 0.2) is 29.0 Å². The number of halogens is 1. The van der Waals surface area contributed by atoms with E-state index in [1.54, 1.807) is 6.08 Å². The van der Waals surface area contributed by atoms with E-state index in [0.717, 1.165) is 0 Å². The highest BCUT2D eigenvalue weighted by Gasteiger charge is 2.25. The average Bonchev–Trinajstić information content (AvgIpc) is 2.31. The summed E-state index contributed by atoms with van der Waals surface area (Å²) >= 11 is 4.76. The molecule has 0 radical (unpaired) electrons. The molecule has 1 unspecified atom stereocenters. The van der Waals surface area contributed by atoms with Crippen molar-refractivity contribution in [1.82, 2.24) is 5.32 Å². The first-order chi connectivity index (χ1) is 5.27. The average molecular weight is 168 g/mol. The van der Waals surface area contributed by atoms with Gasteiger partial charge in [0.05, 0.1) is 6.04 Å². The third-order valence-electron chi connectivity index (χ3n) is 1.59. The molecule has 0 bridgehead atoms. The molecule has 0 aromatic carbocycles. The van der Waals surface area contributed by atoms with Crippen LogP contribution in [0, 0.1) is 0 Å². The van der Waals surface area contributed by atoms with Crippen molar-refractivity contribution in [3.63, 3.8) is 0 Å². The van der Waals surface area contributed by atoms with Gasteiger partial charge in [-0.2, -0.15) is 0 Å². The van der Waals surface area contributed by atoms with Crippen molar-refractivity contribution in [3.8, 4) is 0 Å². The third-order valence-corrected chi connectivity index (χ3v) is 1.80. The Balaban J connectivity index is 2.43. The fourth-order valence-electron chi connectivity index (χ4n) is 1.09. The summed E-state index contributed by atoms with van der Waals surface area (Å²) in [5.74, 6) is -0.301. The molecule has 1 atom stereocenters. The van der Waals surface area contributed by atoms with Gasteiger partial charge in [-0.25, -0.2) is 9.38 Å². The largest absolute Gasteiger partial charge is 0.349 e. The molecule has 0 saturated heterocycles. The molecule has 1 aliphatic heterocycles. The van der Waals surface area contributed by atoms with Crippen molar-refractivity contribution in [3.05, 3.63) is 24.1 Å². The summed E-state index contributed by atoms with van der Waals surface area (Å²) in [5, 5.41) is 3.21. The molecule has 11 heavy (non-hydrogen) atoms. The van der Waals surface area contributed by atoms with E-state index >= 15 is 0 Å². The molecule has 0 fully saturated rings. The highest BCUT2D eigenvalue weighted by Crippen LogP contribution is 2.15. The third kappa shape index (κ3) is 0.991. The van der Waals surface area contributed by atoms with E-state index in [9.17, 15) is 4.39 Å². The van der Waals surface area contributed by atoms with Crippen LogP contribution < -0.4 is 5.32 Å². The Hall–Kier alpha value is -1.03. The zero-order valence-corrected chi connectivity index (χ0v) is 6.36. The molecule has 56 valence electrons. The van der Waals surface area contributed by atoms with Gasteiger partial charge >= 0.3 is 0 Å². The predicted molar refractivity (Wildman–Crippen MR) is 45.3 cm³/mol. The minimum atomic E-state index is -0.301. The van der Waals surface area contributed by atoms with Crippen LogP contribution >= 0.6 is 12.2 Å². The van der Waals surface area contributed by atoms with Crippen LogP contribution in [0.5, 0.6) is 0 Å². The summed E-state index contributed by atoms with van der Waals surface area (Å²) in [6, 6.07) is -0.146. The van der Waals surface area contributed by atoms with Gasteiger partial charge in [-0.1, -0.05) is 12.2 Å². The predicted octanol–water partition coefficient (Wildman–Crippen LogP) is 1.11. The Labute approximate surface area is 68.5 Å². The Bertz CT molecular complexity index is 304. The summed E-state index contributed by atoms with van der Waals surface area (Å²) in [5.41, 5.74) is 0.400.